The lowest BCUT2D eigenvalue weighted by Crippen LogP contribution is -2.19. The molecule has 5 nitrogen and oxygen atoms in total. The van der Waals surface area contributed by atoms with Gasteiger partial charge in [-0.1, -0.05) is 33.1 Å². The zero-order chi connectivity index (χ0) is 15.8. The summed E-state index contributed by atoms with van der Waals surface area (Å²) in [6, 6.07) is 3.86. The summed E-state index contributed by atoms with van der Waals surface area (Å²) in [4.78, 5) is 23.4. The van der Waals surface area contributed by atoms with Gasteiger partial charge in [0.25, 0.3) is 0 Å². The van der Waals surface area contributed by atoms with E-state index < -0.39 is 11.9 Å². The number of primary amides is 1. The molecule has 1 aromatic rings. The first-order valence-corrected chi connectivity index (χ1v) is 7.29. The van der Waals surface area contributed by atoms with Crippen molar-refractivity contribution in [1.29, 1.82) is 0 Å². The van der Waals surface area contributed by atoms with Crippen LogP contribution in [0.5, 0.6) is 5.75 Å². The van der Waals surface area contributed by atoms with Crippen LogP contribution >= 0.6 is 0 Å². The minimum atomic E-state index is -0.768. The summed E-state index contributed by atoms with van der Waals surface area (Å²) in [6.07, 6.45) is 4.15. The van der Waals surface area contributed by atoms with Gasteiger partial charge in [0.15, 0.2) is 0 Å². The van der Waals surface area contributed by atoms with Crippen LogP contribution in [0.15, 0.2) is 18.2 Å². The van der Waals surface area contributed by atoms with Crippen molar-refractivity contribution in [3.63, 3.8) is 0 Å². The molecule has 3 N–H and O–H groups in total. The van der Waals surface area contributed by atoms with Crippen LogP contribution in [0.25, 0.3) is 0 Å². The van der Waals surface area contributed by atoms with Crippen LogP contribution in [-0.2, 0) is 4.74 Å². The Morgan fingerprint density at radius 2 is 2.00 bits per heavy atom. The van der Waals surface area contributed by atoms with Gasteiger partial charge in [-0.2, -0.15) is 0 Å². The molecule has 1 aromatic carbocycles. The van der Waals surface area contributed by atoms with Crippen LogP contribution in [0.3, 0.4) is 0 Å². The SMILES string of the molecule is CCCCC(CC)COC(=O)c1ccc(O)cc1C(N)=O. The molecule has 0 aliphatic carbocycles. The van der Waals surface area contributed by atoms with Crippen molar-refractivity contribution >= 4 is 11.9 Å². The summed E-state index contributed by atoms with van der Waals surface area (Å²) in [5.41, 5.74) is 5.27. The van der Waals surface area contributed by atoms with Gasteiger partial charge >= 0.3 is 5.97 Å². The minimum Gasteiger partial charge on any atom is -0.508 e. The highest BCUT2D eigenvalue weighted by Crippen LogP contribution is 2.19. The molecule has 0 heterocycles. The van der Waals surface area contributed by atoms with Crippen molar-refractivity contribution in [3.8, 4) is 5.75 Å². The Balaban J connectivity index is 2.73. The molecule has 0 aromatic heterocycles. The van der Waals surface area contributed by atoms with Crippen LogP contribution in [0, 0.1) is 5.92 Å². The summed E-state index contributed by atoms with van der Waals surface area (Å²) in [5, 5.41) is 9.36. The Bertz CT molecular complexity index is 499. The Morgan fingerprint density at radius 1 is 1.29 bits per heavy atom. The summed E-state index contributed by atoms with van der Waals surface area (Å²) >= 11 is 0. The molecular weight excluding hydrogens is 270 g/mol. The fourth-order valence-corrected chi connectivity index (χ4v) is 2.08. The quantitative estimate of drug-likeness (QED) is 0.721. The van der Waals surface area contributed by atoms with E-state index in [1.54, 1.807) is 0 Å². The van der Waals surface area contributed by atoms with E-state index in [4.69, 9.17) is 10.5 Å². The van der Waals surface area contributed by atoms with E-state index in [1.807, 2.05) is 0 Å². The second-order valence-electron chi connectivity index (χ2n) is 5.11. The lowest BCUT2D eigenvalue weighted by Gasteiger charge is -2.15. The molecule has 1 rings (SSSR count). The number of carbonyl (C=O) groups excluding carboxylic acids is 2. The lowest BCUT2D eigenvalue weighted by molar-refractivity contribution is 0.0425. The standard InChI is InChI=1S/C16H23NO4/c1-3-5-6-11(4-2)10-21-16(20)13-8-7-12(18)9-14(13)15(17)19/h7-9,11,18H,3-6,10H2,1-2H3,(H2,17,19). The van der Waals surface area contributed by atoms with Gasteiger partial charge in [0, 0.05) is 0 Å². The highest BCUT2D eigenvalue weighted by Gasteiger charge is 2.18. The molecule has 0 radical (unpaired) electrons. The number of rotatable bonds is 8. The second-order valence-corrected chi connectivity index (χ2v) is 5.11. The number of benzene rings is 1. The highest BCUT2D eigenvalue weighted by atomic mass is 16.5. The van der Waals surface area contributed by atoms with Gasteiger partial charge in [0.1, 0.15) is 5.75 Å². The Kier molecular flexibility index (Phi) is 6.72. The van der Waals surface area contributed by atoms with Gasteiger partial charge in [-0.05, 0) is 30.5 Å². The molecule has 0 fully saturated rings. The van der Waals surface area contributed by atoms with Crippen molar-refractivity contribution in [3.05, 3.63) is 29.3 Å². The van der Waals surface area contributed by atoms with E-state index in [0.29, 0.717) is 12.5 Å². The van der Waals surface area contributed by atoms with E-state index >= 15 is 0 Å². The number of hydrogen-bond donors (Lipinski definition) is 2. The molecule has 0 spiro atoms. The van der Waals surface area contributed by atoms with Crippen LogP contribution in [0.4, 0.5) is 0 Å². The van der Waals surface area contributed by atoms with Crippen molar-refractivity contribution in [2.24, 2.45) is 11.7 Å². The number of unbranched alkanes of at least 4 members (excludes halogenated alkanes) is 1. The third-order valence-electron chi connectivity index (χ3n) is 3.48. The number of phenolic OH excluding ortho intramolecular Hbond substituents is 1. The van der Waals surface area contributed by atoms with E-state index in [2.05, 4.69) is 13.8 Å². The normalized spacial score (nSPS) is 11.9. The molecular formula is C16H23NO4. The largest absolute Gasteiger partial charge is 0.508 e. The monoisotopic (exact) mass is 293 g/mol. The molecule has 0 saturated carbocycles. The Hall–Kier alpha value is -2.04. The van der Waals surface area contributed by atoms with E-state index in [-0.39, 0.29) is 16.9 Å². The number of esters is 1. The fourth-order valence-electron chi connectivity index (χ4n) is 2.08. The number of ether oxygens (including phenoxy) is 1. The lowest BCUT2D eigenvalue weighted by atomic mass is 10.0. The first-order chi connectivity index (χ1) is 9.99. The third kappa shape index (κ3) is 5.10. The molecule has 5 heteroatoms. The van der Waals surface area contributed by atoms with Gasteiger partial charge in [-0.3, -0.25) is 4.79 Å². The van der Waals surface area contributed by atoms with Crippen LogP contribution in [0.1, 0.15) is 60.2 Å². The number of nitrogens with two attached hydrogens (primary N) is 1. The van der Waals surface area contributed by atoms with Crippen LogP contribution in [0.2, 0.25) is 0 Å². The number of phenols is 1. The molecule has 1 atom stereocenters. The maximum Gasteiger partial charge on any atom is 0.338 e. The van der Waals surface area contributed by atoms with Crippen LogP contribution in [-0.4, -0.2) is 23.6 Å². The first kappa shape index (κ1) is 17.0. The summed E-state index contributed by atoms with van der Waals surface area (Å²) in [7, 11) is 0. The van der Waals surface area contributed by atoms with E-state index in [0.717, 1.165) is 25.7 Å². The zero-order valence-corrected chi connectivity index (χ0v) is 12.6. The maximum atomic E-state index is 12.1. The van der Waals surface area contributed by atoms with Crippen molar-refractivity contribution in [2.45, 2.75) is 39.5 Å². The second kappa shape index (κ2) is 8.29. The summed E-state index contributed by atoms with van der Waals surface area (Å²) in [6.45, 7) is 4.51. The summed E-state index contributed by atoms with van der Waals surface area (Å²) < 4.78 is 5.28. The van der Waals surface area contributed by atoms with Crippen molar-refractivity contribution < 1.29 is 19.4 Å². The predicted molar refractivity (Wildman–Crippen MR) is 80.2 cm³/mol. The molecule has 0 bridgehead atoms. The minimum absolute atomic E-state index is 0.0263. The topological polar surface area (TPSA) is 89.6 Å². The zero-order valence-electron chi connectivity index (χ0n) is 12.6. The number of carbonyl (C=O) groups is 2. The van der Waals surface area contributed by atoms with Gasteiger partial charge in [0.2, 0.25) is 5.91 Å². The molecule has 21 heavy (non-hydrogen) atoms. The fraction of sp³-hybridized carbons (Fsp3) is 0.500. The maximum absolute atomic E-state index is 12.1. The third-order valence-corrected chi connectivity index (χ3v) is 3.48. The van der Waals surface area contributed by atoms with Crippen molar-refractivity contribution in [1.82, 2.24) is 0 Å². The molecule has 1 amide bonds. The number of amides is 1. The summed E-state index contributed by atoms with van der Waals surface area (Å²) in [5.74, 6) is -1.15. The van der Waals surface area contributed by atoms with Crippen LogP contribution < -0.4 is 5.73 Å². The molecule has 116 valence electrons. The smallest absolute Gasteiger partial charge is 0.338 e. The van der Waals surface area contributed by atoms with E-state index in [1.165, 1.54) is 18.2 Å². The Morgan fingerprint density at radius 3 is 2.57 bits per heavy atom. The van der Waals surface area contributed by atoms with E-state index in [9.17, 15) is 14.7 Å². The first-order valence-electron chi connectivity index (χ1n) is 7.29. The average Bonchev–Trinajstić information content (AvgIpc) is 2.47. The number of aromatic hydroxyl groups is 1. The molecule has 0 aliphatic rings. The predicted octanol–water partition coefficient (Wildman–Crippen LogP) is 2.86. The molecule has 1 unspecified atom stereocenters. The number of hydrogen-bond acceptors (Lipinski definition) is 4. The van der Waals surface area contributed by atoms with Crippen molar-refractivity contribution in [2.75, 3.05) is 6.61 Å². The van der Waals surface area contributed by atoms with Gasteiger partial charge in [0.05, 0.1) is 17.7 Å². The molecule has 0 aliphatic heterocycles. The van der Waals surface area contributed by atoms with Gasteiger partial charge in [-0.25, -0.2) is 4.79 Å². The molecule has 0 saturated heterocycles. The van der Waals surface area contributed by atoms with Gasteiger partial charge < -0.3 is 15.6 Å². The highest BCUT2D eigenvalue weighted by molar-refractivity contribution is 6.05. The average molecular weight is 293 g/mol. The Labute approximate surface area is 125 Å². The van der Waals surface area contributed by atoms with Gasteiger partial charge in [-0.15, -0.1) is 0 Å².